The summed E-state index contributed by atoms with van der Waals surface area (Å²) in [6, 6.07) is 12.5. The van der Waals surface area contributed by atoms with Crippen molar-refractivity contribution < 1.29 is 0 Å². The first-order chi connectivity index (χ1) is 8.56. The van der Waals surface area contributed by atoms with Crippen molar-refractivity contribution in [3.63, 3.8) is 0 Å². The van der Waals surface area contributed by atoms with E-state index in [1.54, 1.807) is 0 Å². The summed E-state index contributed by atoms with van der Waals surface area (Å²) < 4.78 is 0. The number of nitrogens with one attached hydrogen (secondary N) is 1. The maximum atomic E-state index is 5.57. The Morgan fingerprint density at radius 2 is 1.89 bits per heavy atom. The molecule has 3 N–H and O–H groups in total. The second kappa shape index (κ2) is 5.50. The Hall–Kier alpha value is -1.39. The summed E-state index contributed by atoms with van der Waals surface area (Å²) in [5.41, 5.74) is 7.55. The first-order valence-electron chi connectivity index (χ1n) is 5.79. The number of aryl methyl sites for hydroxylation is 1. The molecule has 0 saturated carbocycles. The fourth-order valence-electron chi connectivity index (χ4n) is 1.74. The van der Waals surface area contributed by atoms with Crippen molar-refractivity contribution in [1.82, 2.24) is 0 Å². The van der Waals surface area contributed by atoms with Crippen molar-refractivity contribution in [2.75, 3.05) is 5.32 Å². The minimum Gasteiger partial charge on any atom is -0.389 e. The average Bonchev–Trinajstić information content (AvgIpc) is 2.76. The molecule has 0 amide bonds. The van der Waals surface area contributed by atoms with Crippen molar-refractivity contribution in [2.24, 2.45) is 5.73 Å². The highest BCUT2D eigenvalue weighted by molar-refractivity contribution is 7.80. The molecule has 1 unspecified atom stereocenters. The molecule has 0 bridgehead atoms. The molecule has 4 heteroatoms. The van der Waals surface area contributed by atoms with E-state index >= 15 is 0 Å². The van der Waals surface area contributed by atoms with E-state index in [-0.39, 0.29) is 0 Å². The van der Waals surface area contributed by atoms with E-state index in [1.165, 1.54) is 9.75 Å². The zero-order valence-electron chi connectivity index (χ0n) is 10.4. The molecule has 94 valence electrons. The van der Waals surface area contributed by atoms with E-state index in [0.717, 1.165) is 11.3 Å². The van der Waals surface area contributed by atoms with Crippen molar-refractivity contribution in [2.45, 2.75) is 19.9 Å². The number of hydrogen-bond acceptors (Lipinski definition) is 3. The quantitative estimate of drug-likeness (QED) is 0.833. The first-order valence-corrected chi connectivity index (χ1v) is 7.01. The standard InChI is InChI=1S/C14H16N2S2/c1-9-3-8-13(18-9)10(2)16-12-6-4-11(5-7-12)14(15)17/h3-8,10,16H,1-2H3,(H2,15,17). The summed E-state index contributed by atoms with van der Waals surface area (Å²) in [4.78, 5) is 3.11. The SMILES string of the molecule is Cc1ccc(C(C)Nc2ccc(C(N)=S)cc2)s1. The van der Waals surface area contributed by atoms with Gasteiger partial charge in [-0.1, -0.05) is 12.2 Å². The monoisotopic (exact) mass is 276 g/mol. The highest BCUT2D eigenvalue weighted by Gasteiger charge is 2.07. The molecule has 0 aliphatic heterocycles. The van der Waals surface area contributed by atoms with Crippen molar-refractivity contribution >= 4 is 34.2 Å². The van der Waals surface area contributed by atoms with Gasteiger partial charge in [-0.3, -0.25) is 0 Å². The largest absolute Gasteiger partial charge is 0.389 e. The third-order valence-electron chi connectivity index (χ3n) is 2.74. The van der Waals surface area contributed by atoms with Crippen molar-refractivity contribution in [1.29, 1.82) is 0 Å². The van der Waals surface area contributed by atoms with Crippen LogP contribution >= 0.6 is 23.6 Å². The van der Waals surface area contributed by atoms with Crippen LogP contribution in [-0.2, 0) is 0 Å². The van der Waals surface area contributed by atoms with Gasteiger partial charge in [0, 0.05) is 21.0 Å². The van der Waals surface area contributed by atoms with E-state index in [4.69, 9.17) is 18.0 Å². The van der Waals surface area contributed by atoms with Gasteiger partial charge in [0.15, 0.2) is 0 Å². The van der Waals surface area contributed by atoms with Gasteiger partial charge in [0.25, 0.3) is 0 Å². The molecule has 1 aromatic heterocycles. The molecule has 0 aliphatic carbocycles. The molecule has 0 spiro atoms. The topological polar surface area (TPSA) is 38.0 Å². The molecule has 18 heavy (non-hydrogen) atoms. The van der Waals surface area contributed by atoms with E-state index in [0.29, 0.717) is 11.0 Å². The molecule has 2 rings (SSSR count). The molecule has 2 aromatic rings. The molecule has 1 heterocycles. The predicted molar refractivity (Wildman–Crippen MR) is 83.4 cm³/mol. The van der Waals surface area contributed by atoms with Gasteiger partial charge in [-0.25, -0.2) is 0 Å². The van der Waals surface area contributed by atoms with Crippen LogP contribution in [0, 0.1) is 6.92 Å². The van der Waals surface area contributed by atoms with Crippen molar-refractivity contribution in [3.8, 4) is 0 Å². The maximum absolute atomic E-state index is 5.57. The Morgan fingerprint density at radius 3 is 2.39 bits per heavy atom. The van der Waals surface area contributed by atoms with Crippen LogP contribution in [0.1, 0.15) is 28.3 Å². The predicted octanol–water partition coefficient (Wildman–Crippen LogP) is 3.86. The highest BCUT2D eigenvalue weighted by atomic mass is 32.1. The van der Waals surface area contributed by atoms with Gasteiger partial charge in [0.05, 0.1) is 6.04 Å². The van der Waals surface area contributed by atoms with Gasteiger partial charge < -0.3 is 11.1 Å². The van der Waals surface area contributed by atoms with Crippen molar-refractivity contribution in [3.05, 3.63) is 51.7 Å². The lowest BCUT2D eigenvalue weighted by molar-refractivity contribution is 0.908. The second-order valence-electron chi connectivity index (χ2n) is 4.26. The van der Waals surface area contributed by atoms with Gasteiger partial charge in [-0.05, 0) is 50.2 Å². The zero-order chi connectivity index (χ0) is 13.1. The van der Waals surface area contributed by atoms with E-state index in [9.17, 15) is 0 Å². The van der Waals surface area contributed by atoms with Crippen LogP contribution in [0.5, 0.6) is 0 Å². The van der Waals surface area contributed by atoms with Gasteiger partial charge in [0.1, 0.15) is 4.99 Å². The van der Waals surface area contributed by atoms with Gasteiger partial charge >= 0.3 is 0 Å². The molecular formula is C14H16N2S2. The Balaban J connectivity index is 2.07. The minimum atomic E-state index is 0.305. The third kappa shape index (κ3) is 3.09. The molecule has 1 aromatic carbocycles. The van der Waals surface area contributed by atoms with E-state index in [1.807, 2.05) is 35.6 Å². The van der Waals surface area contributed by atoms with Crippen LogP contribution in [-0.4, -0.2) is 4.99 Å². The number of benzene rings is 1. The van der Waals surface area contributed by atoms with Crippen LogP contribution in [0.15, 0.2) is 36.4 Å². The smallest absolute Gasteiger partial charge is 0.103 e. The number of rotatable bonds is 4. The Labute approximate surface area is 117 Å². The Kier molecular flexibility index (Phi) is 3.99. The Morgan fingerprint density at radius 1 is 1.22 bits per heavy atom. The number of nitrogens with two attached hydrogens (primary N) is 1. The molecule has 1 atom stereocenters. The lowest BCUT2D eigenvalue weighted by Crippen LogP contribution is -2.09. The van der Waals surface area contributed by atoms with Gasteiger partial charge in [0.2, 0.25) is 0 Å². The normalized spacial score (nSPS) is 12.1. The van der Waals surface area contributed by atoms with Crippen LogP contribution in [0.3, 0.4) is 0 Å². The summed E-state index contributed by atoms with van der Waals surface area (Å²) in [5, 5.41) is 3.46. The summed E-state index contributed by atoms with van der Waals surface area (Å²) in [5.74, 6) is 0. The lowest BCUT2D eigenvalue weighted by Gasteiger charge is -2.14. The number of anilines is 1. The maximum Gasteiger partial charge on any atom is 0.103 e. The first kappa shape index (κ1) is 13.1. The fraction of sp³-hybridized carbons (Fsp3) is 0.214. The highest BCUT2D eigenvalue weighted by Crippen LogP contribution is 2.25. The molecule has 2 nitrogen and oxygen atoms in total. The van der Waals surface area contributed by atoms with Crippen LogP contribution in [0.2, 0.25) is 0 Å². The molecule has 0 saturated heterocycles. The lowest BCUT2D eigenvalue weighted by atomic mass is 10.2. The summed E-state index contributed by atoms with van der Waals surface area (Å²) in [7, 11) is 0. The third-order valence-corrected chi connectivity index (χ3v) is 4.16. The van der Waals surface area contributed by atoms with Crippen LogP contribution in [0.4, 0.5) is 5.69 Å². The van der Waals surface area contributed by atoms with Gasteiger partial charge in [-0.2, -0.15) is 0 Å². The fourth-order valence-corrected chi connectivity index (χ4v) is 2.75. The molecule has 0 fully saturated rings. The van der Waals surface area contributed by atoms with Crippen LogP contribution in [0.25, 0.3) is 0 Å². The molecule has 0 radical (unpaired) electrons. The van der Waals surface area contributed by atoms with Crippen LogP contribution < -0.4 is 11.1 Å². The molecular weight excluding hydrogens is 260 g/mol. The zero-order valence-corrected chi connectivity index (χ0v) is 12.1. The van der Waals surface area contributed by atoms with E-state index < -0.39 is 0 Å². The molecule has 0 aliphatic rings. The second-order valence-corrected chi connectivity index (χ2v) is 6.02. The number of thiocarbonyl (C=S) groups is 1. The number of thiophene rings is 1. The summed E-state index contributed by atoms with van der Waals surface area (Å²) in [6.07, 6.45) is 0. The van der Waals surface area contributed by atoms with Gasteiger partial charge in [-0.15, -0.1) is 11.3 Å². The summed E-state index contributed by atoms with van der Waals surface area (Å²) >= 11 is 6.75. The average molecular weight is 276 g/mol. The minimum absolute atomic E-state index is 0.305. The summed E-state index contributed by atoms with van der Waals surface area (Å²) in [6.45, 7) is 4.28. The van der Waals surface area contributed by atoms with E-state index in [2.05, 4.69) is 31.3 Å². The number of hydrogen-bond donors (Lipinski definition) is 2. The Bertz CT molecular complexity index is 543.